The summed E-state index contributed by atoms with van der Waals surface area (Å²) in [7, 11) is -4.32. The van der Waals surface area contributed by atoms with E-state index >= 15 is 0 Å². The van der Waals surface area contributed by atoms with Crippen molar-refractivity contribution in [2.45, 2.75) is 24.2 Å². The molecule has 31 heavy (non-hydrogen) atoms. The van der Waals surface area contributed by atoms with Gasteiger partial charge >= 0.3 is 12.4 Å². The van der Waals surface area contributed by atoms with E-state index in [4.69, 9.17) is 0 Å². The number of hydrazine groups is 1. The van der Waals surface area contributed by atoms with Gasteiger partial charge in [-0.1, -0.05) is 6.92 Å². The molecule has 0 bridgehead atoms. The van der Waals surface area contributed by atoms with E-state index in [1.165, 1.54) is 0 Å². The predicted molar refractivity (Wildman–Crippen MR) is 91.1 cm³/mol. The number of halogens is 6. The summed E-state index contributed by atoms with van der Waals surface area (Å²) in [5.74, 6) is -3.13. The summed E-state index contributed by atoms with van der Waals surface area (Å²) in [5.41, 5.74) is -0.463. The Labute approximate surface area is 170 Å². The molecule has 0 saturated carbocycles. The van der Waals surface area contributed by atoms with Gasteiger partial charge in [0.05, 0.1) is 21.8 Å². The van der Waals surface area contributed by atoms with Crippen LogP contribution in [-0.4, -0.2) is 36.0 Å². The monoisotopic (exact) mass is 470 g/mol. The van der Waals surface area contributed by atoms with Crippen LogP contribution >= 0.6 is 0 Å². The number of carbonyl (C=O) groups excluding carboxylic acids is 2. The van der Waals surface area contributed by atoms with Gasteiger partial charge in [-0.3, -0.25) is 25.4 Å². The van der Waals surface area contributed by atoms with E-state index in [0.717, 1.165) is 13.0 Å². The standard InChI is InChI=1S/C16H12F6N4O4S/c1-2-31(29,30)10-5-9(15(17,18)19)7-24-12(10)14(28)26-25-13(27)8-3-4-11(23-6-8)16(20,21)22/h3-7H,2H2,1H3,(H,25,27)(H,26,28). The lowest BCUT2D eigenvalue weighted by atomic mass is 10.2. The Balaban J connectivity index is 2.24. The summed E-state index contributed by atoms with van der Waals surface area (Å²) >= 11 is 0. The summed E-state index contributed by atoms with van der Waals surface area (Å²) in [6.45, 7) is 1.14. The molecule has 8 nitrogen and oxygen atoms in total. The number of nitrogens with one attached hydrogen (secondary N) is 2. The SMILES string of the molecule is CCS(=O)(=O)c1cc(C(F)(F)F)cnc1C(=O)NNC(=O)c1ccc(C(F)(F)F)nc1. The van der Waals surface area contributed by atoms with E-state index in [0.29, 0.717) is 12.3 Å². The number of aromatic nitrogens is 2. The molecule has 0 spiro atoms. The average molecular weight is 470 g/mol. The number of pyridine rings is 2. The Kier molecular flexibility index (Phi) is 6.58. The molecule has 2 aromatic rings. The van der Waals surface area contributed by atoms with Gasteiger partial charge in [0.25, 0.3) is 11.8 Å². The number of hydrogen-bond acceptors (Lipinski definition) is 6. The maximum Gasteiger partial charge on any atom is 0.433 e. The molecule has 2 aromatic heterocycles. The average Bonchev–Trinajstić information content (AvgIpc) is 2.70. The first-order chi connectivity index (χ1) is 14.2. The van der Waals surface area contributed by atoms with Gasteiger partial charge in [-0.15, -0.1) is 0 Å². The maximum atomic E-state index is 12.9. The normalized spacial score (nSPS) is 12.4. The van der Waals surface area contributed by atoms with Crippen LogP contribution in [0.2, 0.25) is 0 Å². The van der Waals surface area contributed by atoms with Crippen LogP contribution in [0.5, 0.6) is 0 Å². The van der Waals surface area contributed by atoms with Crippen molar-refractivity contribution in [3.05, 3.63) is 53.1 Å². The molecule has 0 aliphatic rings. The van der Waals surface area contributed by atoms with Crippen molar-refractivity contribution in [3.63, 3.8) is 0 Å². The van der Waals surface area contributed by atoms with Gasteiger partial charge in [0, 0.05) is 12.4 Å². The van der Waals surface area contributed by atoms with Gasteiger partial charge in [0.1, 0.15) is 11.4 Å². The number of carbonyl (C=O) groups is 2. The number of alkyl halides is 6. The first-order valence-electron chi connectivity index (χ1n) is 8.10. The number of nitrogens with zero attached hydrogens (tertiary/aromatic N) is 2. The molecular formula is C16H12F6N4O4S. The minimum absolute atomic E-state index is 0.238. The lowest BCUT2D eigenvalue weighted by molar-refractivity contribution is -0.141. The minimum atomic E-state index is -4.93. The second-order valence-corrected chi connectivity index (χ2v) is 8.06. The highest BCUT2D eigenvalue weighted by Gasteiger charge is 2.35. The van der Waals surface area contributed by atoms with Crippen molar-refractivity contribution >= 4 is 21.7 Å². The smallest absolute Gasteiger partial charge is 0.267 e. The van der Waals surface area contributed by atoms with Crippen LogP contribution in [0.1, 0.15) is 39.0 Å². The molecule has 168 valence electrons. The van der Waals surface area contributed by atoms with Crippen LogP contribution in [0.3, 0.4) is 0 Å². The molecule has 2 rings (SSSR count). The lowest BCUT2D eigenvalue weighted by Gasteiger charge is -2.13. The highest BCUT2D eigenvalue weighted by atomic mass is 32.2. The van der Waals surface area contributed by atoms with Crippen molar-refractivity contribution in [3.8, 4) is 0 Å². The number of hydrogen-bond donors (Lipinski definition) is 2. The van der Waals surface area contributed by atoms with Crippen molar-refractivity contribution in [1.82, 2.24) is 20.8 Å². The van der Waals surface area contributed by atoms with E-state index in [-0.39, 0.29) is 12.3 Å². The molecule has 0 atom stereocenters. The number of amides is 2. The van der Waals surface area contributed by atoms with E-state index in [9.17, 15) is 44.3 Å². The van der Waals surface area contributed by atoms with Crippen LogP contribution in [0.25, 0.3) is 0 Å². The van der Waals surface area contributed by atoms with Gasteiger partial charge in [-0.2, -0.15) is 26.3 Å². The molecule has 0 aliphatic heterocycles. The molecule has 0 radical (unpaired) electrons. The zero-order chi connectivity index (χ0) is 23.6. The topological polar surface area (TPSA) is 118 Å². The third kappa shape index (κ3) is 5.68. The van der Waals surface area contributed by atoms with Gasteiger partial charge in [-0.25, -0.2) is 13.4 Å². The molecule has 2 amide bonds. The molecular weight excluding hydrogens is 458 g/mol. The lowest BCUT2D eigenvalue weighted by Crippen LogP contribution is -2.42. The predicted octanol–water partition coefficient (Wildman–Crippen LogP) is 2.38. The Morgan fingerprint density at radius 2 is 1.55 bits per heavy atom. The zero-order valence-electron chi connectivity index (χ0n) is 15.3. The quantitative estimate of drug-likeness (QED) is 0.524. The van der Waals surface area contributed by atoms with Crippen molar-refractivity contribution in [1.29, 1.82) is 0 Å². The Bertz CT molecular complexity index is 1100. The van der Waals surface area contributed by atoms with Gasteiger partial charge in [-0.05, 0) is 18.2 Å². The number of rotatable bonds is 4. The fourth-order valence-electron chi connectivity index (χ4n) is 2.10. The van der Waals surface area contributed by atoms with Crippen molar-refractivity contribution in [2.24, 2.45) is 0 Å². The molecule has 0 saturated heterocycles. The highest BCUT2D eigenvalue weighted by molar-refractivity contribution is 7.91. The first kappa shape index (κ1) is 24.0. The zero-order valence-corrected chi connectivity index (χ0v) is 16.1. The fourth-order valence-corrected chi connectivity index (χ4v) is 3.16. The summed E-state index contributed by atoms with van der Waals surface area (Å²) in [4.78, 5) is 29.4. The van der Waals surface area contributed by atoms with E-state index in [1.807, 2.05) is 0 Å². The van der Waals surface area contributed by atoms with Gasteiger partial charge < -0.3 is 0 Å². The van der Waals surface area contributed by atoms with Crippen LogP contribution in [0, 0.1) is 0 Å². The Morgan fingerprint density at radius 1 is 0.935 bits per heavy atom. The molecule has 2 N–H and O–H groups in total. The number of sulfone groups is 1. The van der Waals surface area contributed by atoms with Crippen molar-refractivity contribution in [2.75, 3.05) is 5.75 Å². The first-order valence-corrected chi connectivity index (χ1v) is 9.76. The Hall–Kier alpha value is -3.23. The van der Waals surface area contributed by atoms with Crippen LogP contribution in [0.4, 0.5) is 26.3 Å². The summed E-state index contributed by atoms with van der Waals surface area (Å²) in [5, 5.41) is 0. The van der Waals surface area contributed by atoms with Crippen LogP contribution in [-0.2, 0) is 22.2 Å². The van der Waals surface area contributed by atoms with E-state index < -0.39 is 67.2 Å². The van der Waals surface area contributed by atoms with Gasteiger partial charge in [0.2, 0.25) is 0 Å². The summed E-state index contributed by atoms with van der Waals surface area (Å²) < 4.78 is 100. The molecule has 0 aromatic carbocycles. The van der Waals surface area contributed by atoms with E-state index in [2.05, 4.69) is 9.97 Å². The largest absolute Gasteiger partial charge is 0.433 e. The molecule has 2 heterocycles. The maximum absolute atomic E-state index is 12.9. The second-order valence-electron chi connectivity index (χ2n) is 5.81. The highest BCUT2D eigenvalue weighted by Crippen LogP contribution is 2.31. The Morgan fingerprint density at radius 3 is 2.03 bits per heavy atom. The second kappa shape index (κ2) is 8.49. The summed E-state index contributed by atoms with van der Waals surface area (Å²) in [6, 6.07) is 1.52. The molecule has 0 aliphatic carbocycles. The van der Waals surface area contributed by atoms with Gasteiger partial charge in [0.15, 0.2) is 9.84 Å². The van der Waals surface area contributed by atoms with Crippen molar-refractivity contribution < 1.29 is 44.3 Å². The molecule has 0 unspecified atom stereocenters. The van der Waals surface area contributed by atoms with E-state index in [1.54, 1.807) is 10.9 Å². The third-order valence-electron chi connectivity index (χ3n) is 3.72. The molecule has 15 heteroatoms. The fraction of sp³-hybridized carbons (Fsp3) is 0.250. The van der Waals surface area contributed by atoms with Crippen LogP contribution < -0.4 is 10.9 Å². The summed E-state index contributed by atoms with van der Waals surface area (Å²) in [6.07, 6.45) is -8.85. The minimum Gasteiger partial charge on any atom is -0.267 e. The third-order valence-corrected chi connectivity index (χ3v) is 5.46. The molecule has 0 fully saturated rings. The van der Waals surface area contributed by atoms with Crippen LogP contribution in [0.15, 0.2) is 35.5 Å².